The van der Waals surface area contributed by atoms with E-state index < -0.39 is 0 Å². The highest BCUT2D eigenvalue weighted by atomic mass is 32.1. The van der Waals surface area contributed by atoms with Crippen molar-refractivity contribution < 1.29 is 4.79 Å². The van der Waals surface area contributed by atoms with E-state index in [4.69, 9.17) is 0 Å². The summed E-state index contributed by atoms with van der Waals surface area (Å²) in [4.78, 5) is 13.9. The number of nitrogens with one attached hydrogen (secondary N) is 1. The Morgan fingerprint density at radius 1 is 1.50 bits per heavy atom. The van der Waals surface area contributed by atoms with Crippen molar-refractivity contribution in [3.63, 3.8) is 0 Å². The van der Waals surface area contributed by atoms with Gasteiger partial charge in [-0.1, -0.05) is 25.2 Å². The van der Waals surface area contributed by atoms with Gasteiger partial charge < -0.3 is 10.2 Å². The molecule has 6 heteroatoms. The van der Waals surface area contributed by atoms with Crippen LogP contribution in [0.25, 0.3) is 0 Å². The Labute approximate surface area is 98.9 Å². The van der Waals surface area contributed by atoms with E-state index in [9.17, 15) is 4.79 Å². The zero-order valence-electron chi connectivity index (χ0n) is 9.78. The highest BCUT2D eigenvalue weighted by molar-refractivity contribution is 7.17. The van der Waals surface area contributed by atoms with Crippen molar-refractivity contribution in [1.29, 1.82) is 0 Å². The van der Waals surface area contributed by atoms with E-state index in [-0.39, 0.29) is 11.3 Å². The first-order valence-corrected chi connectivity index (χ1v) is 6.14. The van der Waals surface area contributed by atoms with Crippen LogP contribution in [0.4, 0.5) is 5.13 Å². The van der Waals surface area contributed by atoms with E-state index >= 15 is 0 Å². The minimum atomic E-state index is 0.00424. The fraction of sp³-hybridized carbons (Fsp3) is 0.700. The normalized spacial score (nSPS) is 18.8. The number of carbonyl (C=O) groups is 1. The summed E-state index contributed by atoms with van der Waals surface area (Å²) < 4.78 is 0. The van der Waals surface area contributed by atoms with Crippen LogP contribution in [0.3, 0.4) is 0 Å². The van der Waals surface area contributed by atoms with Gasteiger partial charge in [0.15, 0.2) is 0 Å². The molecular formula is C10H16N4OS. The van der Waals surface area contributed by atoms with Gasteiger partial charge in [-0.25, -0.2) is 0 Å². The van der Waals surface area contributed by atoms with E-state index in [0.717, 1.165) is 19.5 Å². The molecule has 2 heterocycles. The maximum absolute atomic E-state index is 12.1. The molecule has 1 fully saturated rings. The molecule has 16 heavy (non-hydrogen) atoms. The van der Waals surface area contributed by atoms with Gasteiger partial charge in [-0.05, 0) is 11.8 Å². The first kappa shape index (κ1) is 11.3. The predicted molar refractivity (Wildman–Crippen MR) is 63.8 cm³/mol. The number of anilines is 1. The molecule has 1 aliphatic heterocycles. The summed E-state index contributed by atoms with van der Waals surface area (Å²) in [5.74, 6) is 0.00424. The van der Waals surface area contributed by atoms with E-state index in [1.165, 1.54) is 11.3 Å². The Morgan fingerprint density at radius 3 is 2.75 bits per heavy atom. The summed E-state index contributed by atoms with van der Waals surface area (Å²) in [7, 11) is 1.77. The second-order valence-corrected chi connectivity index (χ2v) is 5.78. The Kier molecular flexibility index (Phi) is 2.84. The molecule has 0 spiro atoms. The molecular weight excluding hydrogens is 224 g/mol. The van der Waals surface area contributed by atoms with E-state index in [2.05, 4.69) is 29.4 Å². The molecule has 2 rings (SSSR count). The van der Waals surface area contributed by atoms with Gasteiger partial charge in [-0.15, -0.1) is 10.2 Å². The fourth-order valence-corrected chi connectivity index (χ4v) is 2.50. The highest BCUT2D eigenvalue weighted by Gasteiger charge is 2.33. The number of carbonyl (C=O) groups excluding carboxylic acids is 1. The van der Waals surface area contributed by atoms with Gasteiger partial charge in [0.1, 0.15) is 0 Å². The van der Waals surface area contributed by atoms with Crippen molar-refractivity contribution >= 4 is 22.4 Å². The quantitative estimate of drug-likeness (QED) is 0.850. The maximum atomic E-state index is 12.1. The lowest BCUT2D eigenvalue weighted by molar-refractivity contribution is 0.0777. The van der Waals surface area contributed by atoms with Crippen molar-refractivity contribution in [3.8, 4) is 0 Å². The number of likely N-dealkylation sites (tertiary alicyclic amines) is 1. The third-order valence-corrected chi connectivity index (χ3v) is 3.72. The zero-order chi connectivity index (χ0) is 11.8. The molecule has 0 bridgehead atoms. The Hall–Kier alpha value is -1.17. The van der Waals surface area contributed by atoms with Gasteiger partial charge in [0.05, 0.1) is 0 Å². The molecule has 0 aromatic carbocycles. The van der Waals surface area contributed by atoms with Crippen LogP contribution in [0.15, 0.2) is 0 Å². The number of hydrogen-bond acceptors (Lipinski definition) is 5. The average Bonchev–Trinajstić information content (AvgIpc) is 2.83. The van der Waals surface area contributed by atoms with Gasteiger partial charge in [0, 0.05) is 20.1 Å². The van der Waals surface area contributed by atoms with Crippen LogP contribution in [0.2, 0.25) is 0 Å². The molecule has 0 unspecified atom stereocenters. The number of hydrogen-bond donors (Lipinski definition) is 1. The lowest BCUT2D eigenvalue weighted by atomic mass is 9.93. The number of amides is 1. The third-order valence-electron chi connectivity index (χ3n) is 2.79. The Bertz CT molecular complexity index is 401. The van der Waals surface area contributed by atoms with E-state index in [0.29, 0.717) is 10.1 Å². The van der Waals surface area contributed by atoms with Crippen molar-refractivity contribution in [1.82, 2.24) is 15.1 Å². The molecule has 1 saturated heterocycles. The molecule has 0 saturated carbocycles. The summed E-state index contributed by atoms with van der Waals surface area (Å²) >= 11 is 1.30. The van der Waals surface area contributed by atoms with Crippen molar-refractivity contribution in [2.24, 2.45) is 5.41 Å². The van der Waals surface area contributed by atoms with Crippen LogP contribution in [0, 0.1) is 5.41 Å². The van der Waals surface area contributed by atoms with Crippen LogP contribution in [0.1, 0.15) is 30.1 Å². The molecule has 1 aromatic heterocycles. The third kappa shape index (κ3) is 2.16. The highest BCUT2D eigenvalue weighted by Crippen LogP contribution is 2.30. The van der Waals surface area contributed by atoms with Gasteiger partial charge in [-0.3, -0.25) is 4.79 Å². The van der Waals surface area contributed by atoms with Crippen molar-refractivity contribution in [2.45, 2.75) is 20.3 Å². The fourth-order valence-electron chi connectivity index (χ4n) is 1.83. The van der Waals surface area contributed by atoms with Crippen molar-refractivity contribution in [2.75, 3.05) is 25.5 Å². The first-order chi connectivity index (χ1) is 7.52. The van der Waals surface area contributed by atoms with Crippen LogP contribution in [0.5, 0.6) is 0 Å². The predicted octanol–water partition coefficient (Wildman–Crippen LogP) is 1.45. The van der Waals surface area contributed by atoms with Gasteiger partial charge in [0.25, 0.3) is 5.91 Å². The number of rotatable bonds is 2. The second-order valence-electron chi connectivity index (χ2n) is 4.80. The molecule has 1 aromatic rings. The van der Waals surface area contributed by atoms with E-state index in [1.807, 2.05) is 4.90 Å². The first-order valence-electron chi connectivity index (χ1n) is 5.32. The Balaban J connectivity index is 2.08. The summed E-state index contributed by atoms with van der Waals surface area (Å²) in [6, 6.07) is 0. The van der Waals surface area contributed by atoms with Crippen LogP contribution in [-0.2, 0) is 0 Å². The summed E-state index contributed by atoms with van der Waals surface area (Å²) in [5, 5.41) is 11.8. The average molecular weight is 240 g/mol. The van der Waals surface area contributed by atoms with E-state index in [1.54, 1.807) is 7.05 Å². The molecule has 1 N–H and O–H groups in total. The second kappa shape index (κ2) is 4.01. The smallest absolute Gasteiger partial charge is 0.284 e. The zero-order valence-corrected chi connectivity index (χ0v) is 10.6. The topological polar surface area (TPSA) is 58.1 Å². The molecule has 1 amide bonds. The van der Waals surface area contributed by atoms with Crippen molar-refractivity contribution in [3.05, 3.63) is 5.01 Å². The van der Waals surface area contributed by atoms with Crippen LogP contribution in [-0.4, -0.2) is 41.1 Å². The molecule has 88 valence electrons. The van der Waals surface area contributed by atoms with Crippen LogP contribution >= 0.6 is 11.3 Å². The summed E-state index contributed by atoms with van der Waals surface area (Å²) in [6.07, 6.45) is 1.05. The number of nitrogens with zero attached hydrogens (tertiary/aromatic N) is 3. The number of aromatic nitrogens is 2. The molecule has 0 aliphatic carbocycles. The monoisotopic (exact) mass is 240 g/mol. The molecule has 0 radical (unpaired) electrons. The largest absolute Gasteiger partial charge is 0.363 e. The minimum absolute atomic E-state index is 0.00424. The SMILES string of the molecule is CNc1nnc(C(=O)N2CCC(C)(C)C2)s1. The summed E-state index contributed by atoms with van der Waals surface area (Å²) in [6.45, 7) is 5.99. The lowest BCUT2D eigenvalue weighted by Crippen LogP contribution is -2.30. The van der Waals surface area contributed by atoms with Gasteiger partial charge in [-0.2, -0.15) is 0 Å². The minimum Gasteiger partial charge on any atom is -0.363 e. The summed E-state index contributed by atoms with van der Waals surface area (Å²) in [5.41, 5.74) is 0.228. The van der Waals surface area contributed by atoms with Gasteiger partial charge >= 0.3 is 0 Å². The molecule has 1 aliphatic rings. The molecule has 5 nitrogen and oxygen atoms in total. The van der Waals surface area contributed by atoms with Gasteiger partial charge in [0.2, 0.25) is 10.1 Å². The lowest BCUT2D eigenvalue weighted by Gasteiger charge is -2.18. The Morgan fingerprint density at radius 2 is 2.25 bits per heavy atom. The maximum Gasteiger partial charge on any atom is 0.284 e. The molecule has 0 atom stereocenters. The standard InChI is InChI=1S/C10H16N4OS/c1-10(2)4-5-14(6-10)8(15)7-12-13-9(11-3)16-7/h4-6H2,1-3H3,(H,11,13). The van der Waals surface area contributed by atoms with Crippen LogP contribution < -0.4 is 5.32 Å².